The van der Waals surface area contributed by atoms with Gasteiger partial charge < -0.3 is 28.4 Å². The van der Waals surface area contributed by atoms with E-state index in [1.165, 1.54) is 12.2 Å². The van der Waals surface area contributed by atoms with Crippen molar-refractivity contribution in [3.8, 4) is 17.2 Å². The number of carbonyl (C=O) groups is 4. The van der Waals surface area contributed by atoms with E-state index >= 15 is 0 Å². The highest BCUT2D eigenvalue weighted by molar-refractivity contribution is 5.91. The molecule has 3 aromatic carbocycles. The Morgan fingerprint density at radius 3 is 1.26 bits per heavy atom. The Bertz CT molecular complexity index is 1560. The zero-order valence-electron chi connectivity index (χ0n) is 31.3. The summed E-state index contributed by atoms with van der Waals surface area (Å²) in [5.41, 5.74) is 1.81. The summed E-state index contributed by atoms with van der Waals surface area (Å²) in [6.07, 6.45) is 15.0. The fraction of sp³-hybridized carbons (Fsp3) is 0.409. The smallest absolute Gasteiger partial charge is 0.343 e. The molecule has 290 valence electrons. The highest BCUT2D eigenvalue weighted by Crippen LogP contribution is 2.19. The topological polar surface area (TPSA) is 124 Å². The molecule has 0 saturated heterocycles. The molecule has 0 heterocycles. The first kappa shape index (κ1) is 43.0. The molecule has 0 radical (unpaired) electrons. The molecule has 3 rings (SSSR count). The maximum atomic E-state index is 12.7. The summed E-state index contributed by atoms with van der Waals surface area (Å²) in [6, 6.07) is 20.9. The molecule has 0 aliphatic rings. The average molecular weight is 743 g/mol. The predicted octanol–water partition coefficient (Wildman–Crippen LogP) is 9.20. The molecule has 0 aliphatic carbocycles. The van der Waals surface area contributed by atoms with Crippen molar-refractivity contribution in [2.45, 2.75) is 83.5 Å². The minimum Gasteiger partial charge on any atom is -0.494 e. The molecule has 10 nitrogen and oxygen atoms in total. The first-order valence-electron chi connectivity index (χ1n) is 18.9. The molecule has 10 heteroatoms. The van der Waals surface area contributed by atoms with Crippen LogP contribution in [0.3, 0.4) is 0 Å². The van der Waals surface area contributed by atoms with Crippen LogP contribution in [0.2, 0.25) is 0 Å². The third kappa shape index (κ3) is 18.4. The second-order valence-electron chi connectivity index (χ2n) is 12.7. The van der Waals surface area contributed by atoms with Gasteiger partial charge in [-0.15, -0.1) is 0 Å². The molecule has 3 aromatic rings. The number of hydrogen-bond acceptors (Lipinski definition) is 10. The number of ether oxygens (including phenoxy) is 6. The van der Waals surface area contributed by atoms with Crippen molar-refractivity contribution >= 4 is 23.9 Å². The summed E-state index contributed by atoms with van der Waals surface area (Å²) in [5, 5.41) is 0. The van der Waals surface area contributed by atoms with Gasteiger partial charge in [0.2, 0.25) is 0 Å². The Balaban J connectivity index is 1.23. The number of unbranched alkanes of at least 4 members (excludes halogenated alkanes) is 10. The van der Waals surface area contributed by atoms with Gasteiger partial charge >= 0.3 is 23.9 Å². The van der Waals surface area contributed by atoms with Crippen LogP contribution in [-0.4, -0.2) is 56.9 Å². The standard InChI is InChI=1S/C44H54O10/c1-3-41(45)51-32-15-11-7-5-9-13-30-49-38-25-19-36(20-26-38)43(47)53-34-29-35-17-23-40(24-18-35)54-44(48)37-21-27-39(28-22-37)50-31-14-10-6-8-12-16-33-52-42(46)4-2/h3-4,17-28H,1-2,5-16,29-34H2. The van der Waals surface area contributed by atoms with Crippen molar-refractivity contribution in [3.05, 3.63) is 115 Å². The molecule has 0 N–H and O–H groups in total. The van der Waals surface area contributed by atoms with Crippen molar-refractivity contribution in [2.24, 2.45) is 0 Å². The minimum atomic E-state index is -0.465. The minimum absolute atomic E-state index is 0.210. The Labute approximate surface area is 319 Å². The van der Waals surface area contributed by atoms with Crippen LogP contribution in [0, 0.1) is 0 Å². The van der Waals surface area contributed by atoms with Crippen LogP contribution in [0.1, 0.15) is 103 Å². The lowest BCUT2D eigenvalue weighted by atomic mass is 10.1. The van der Waals surface area contributed by atoms with Crippen LogP contribution in [-0.2, 0) is 30.2 Å². The summed E-state index contributed by atoms with van der Waals surface area (Å²) >= 11 is 0. The van der Waals surface area contributed by atoms with Gasteiger partial charge in [-0.05, 0) is 91.9 Å². The number of hydrogen-bond donors (Lipinski definition) is 0. The highest BCUT2D eigenvalue weighted by Gasteiger charge is 2.11. The summed E-state index contributed by atoms with van der Waals surface area (Å²) in [7, 11) is 0. The van der Waals surface area contributed by atoms with E-state index in [0.717, 1.165) is 82.6 Å². The second kappa shape index (κ2) is 26.4. The Hall–Kier alpha value is -5.38. The molecular formula is C44H54O10. The van der Waals surface area contributed by atoms with Gasteiger partial charge in [0.1, 0.15) is 17.2 Å². The first-order valence-corrected chi connectivity index (χ1v) is 18.9. The van der Waals surface area contributed by atoms with Crippen molar-refractivity contribution in [2.75, 3.05) is 33.0 Å². The zero-order chi connectivity index (χ0) is 38.6. The SMILES string of the molecule is C=CC(=O)OCCCCCCCCOc1ccc(C(=O)OCCc2ccc(OC(=O)c3ccc(OCCCCCCCCOC(=O)C=C)cc3)cc2)cc1. The summed E-state index contributed by atoms with van der Waals surface area (Å²) in [5.74, 6) is 0.197. The number of rotatable bonds is 28. The van der Waals surface area contributed by atoms with Gasteiger partial charge in [0, 0.05) is 18.6 Å². The molecule has 0 bridgehead atoms. The quantitative estimate of drug-likeness (QED) is 0.0234. The van der Waals surface area contributed by atoms with Crippen molar-refractivity contribution < 1.29 is 47.6 Å². The van der Waals surface area contributed by atoms with Gasteiger partial charge in [0.15, 0.2) is 0 Å². The molecule has 0 saturated carbocycles. The maximum Gasteiger partial charge on any atom is 0.343 e. The van der Waals surface area contributed by atoms with Gasteiger partial charge in [0.25, 0.3) is 0 Å². The first-order chi connectivity index (χ1) is 26.4. The van der Waals surface area contributed by atoms with E-state index in [9.17, 15) is 19.2 Å². The van der Waals surface area contributed by atoms with E-state index in [2.05, 4.69) is 13.2 Å². The molecule has 0 unspecified atom stereocenters. The van der Waals surface area contributed by atoms with Crippen LogP contribution in [0.15, 0.2) is 98.1 Å². The van der Waals surface area contributed by atoms with E-state index in [1.54, 1.807) is 60.7 Å². The molecule has 0 atom stereocenters. The van der Waals surface area contributed by atoms with Crippen LogP contribution in [0.25, 0.3) is 0 Å². The molecule has 0 aliphatic heterocycles. The second-order valence-corrected chi connectivity index (χ2v) is 12.7. The van der Waals surface area contributed by atoms with Gasteiger partial charge in [-0.1, -0.05) is 76.7 Å². The summed E-state index contributed by atoms with van der Waals surface area (Å²) in [4.78, 5) is 47.2. The van der Waals surface area contributed by atoms with Crippen LogP contribution in [0.4, 0.5) is 0 Å². The lowest BCUT2D eigenvalue weighted by molar-refractivity contribution is -0.138. The average Bonchev–Trinajstić information content (AvgIpc) is 3.20. The van der Waals surface area contributed by atoms with Gasteiger partial charge in [-0.2, -0.15) is 0 Å². The maximum absolute atomic E-state index is 12.7. The lowest BCUT2D eigenvalue weighted by Gasteiger charge is -2.09. The third-order valence-electron chi connectivity index (χ3n) is 8.37. The van der Waals surface area contributed by atoms with Crippen LogP contribution in [0.5, 0.6) is 17.2 Å². The van der Waals surface area contributed by atoms with E-state index in [1.807, 2.05) is 12.1 Å². The van der Waals surface area contributed by atoms with E-state index < -0.39 is 11.9 Å². The molecule has 0 spiro atoms. The van der Waals surface area contributed by atoms with E-state index in [4.69, 9.17) is 28.4 Å². The van der Waals surface area contributed by atoms with Crippen molar-refractivity contribution in [1.29, 1.82) is 0 Å². The van der Waals surface area contributed by atoms with Crippen LogP contribution < -0.4 is 14.2 Å². The monoisotopic (exact) mass is 742 g/mol. The van der Waals surface area contributed by atoms with E-state index in [0.29, 0.717) is 61.2 Å². The third-order valence-corrected chi connectivity index (χ3v) is 8.37. The van der Waals surface area contributed by atoms with Crippen molar-refractivity contribution in [3.63, 3.8) is 0 Å². The normalized spacial score (nSPS) is 10.5. The highest BCUT2D eigenvalue weighted by atomic mass is 16.5. The molecule has 0 amide bonds. The number of carbonyl (C=O) groups excluding carboxylic acids is 4. The summed E-state index contributed by atoms with van der Waals surface area (Å²) < 4.78 is 32.5. The Morgan fingerprint density at radius 2 is 0.815 bits per heavy atom. The van der Waals surface area contributed by atoms with E-state index in [-0.39, 0.29) is 18.5 Å². The van der Waals surface area contributed by atoms with Gasteiger partial charge in [-0.25, -0.2) is 19.2 Å². The largest absolute Gasteiger partial charge is 0.494 e. The summed E-state index contributed by atoms with van der Waals surface area (Å²) in [6.45, 7) is 9.03. The predicted molar refractivity (Wildman–Crippen MR) is 207 cm³/mol. The molecule has 54 heavy (non-hydrogen) atoms. The molecule has 0 aromatic heterocycles. The Morgan fingerprint density at radius 1 is 0.426 bits per heavy atom. The van der Waals surface area contributed by atoms with Gasteiger partial charge in [-0.3, -0.25) is 0 Å². The zero-order valence-corrected chi connectivity index (χ0v) is 31.3. The van der Waals surface area contributed by atoms with Gasteiger partial charge in [0.05, 0.1) is 44.2 Å². The van der Waals surface area contributed by atoms with Crippen LogP contribution >= 0.6 is 0 Å². The molecular weight excluding hydrogens is 688 g/mol. The Kier molecular flexibility index (Phi) is 21.0. The molecule has 0 fully saturated rings. The number of esters is 4. The number of benzene rings is 3. The fourth-order valence-electron chi connectivity index (χ4n) is 5.28. The van der Waals surface area contributed by atoms with Crippen molar-refractivity contribution in [1.82, 2.24) is 0 Å². The lowest BCUT2D eigenvalue weighted by Crippen LogP contribution is -2.09. The fourth-order valence-corrected chi connectivity index (χ4v) is 5.28.